The second kappa shape index (κ2) is 6.79. The average molecular weight is 331 g/mol. The number of carbonyl (C=O) groups excluding carboxylic acids is 2. The topological polar surface area (TPSA) is 80.3 Å². The van der Waals surface area contributed by atoms with Gasteiger partial charge >= 0.3 is 16.5 Å². The van der Waals surface area contributed by atoms with Gasteiger partial charge in [-0.05, 0) is 17.2 Å². The van der Waals surface area contributed by atoms with Crippen LogP contribution in [0.3, 0.4) is 0 Å². The van der Waals surface area contributed by atoms with Gasteiger partial charge in [-0.15, -0.1) is 0 Å². The van der Waals surface area contributed by atoms with Crippen LogP contribution in [0.5, 0.6) is 0 Å². The third kappa shape index (κ3) is 4.07. The van der Waals surface area contributed by atoms with Crippen LogP contribution in [0.4, 0.5) is 0 Å². The third-order valence-corrected chi connectivity index (χ3v) is 1.33. The molecule has 0 aliphatic rings. The first-order valence-corrected chi connectivity index (χ1v) is 3.14. The van der Waals surface area contributed by atoms with Crippen LogP contribution in [0.2, 0.25) is 0 Å². The number of benzene rings is 1. The Balaban J connectivity index is 0. The quantitative estimate of drug-likeness (QED) is 0.612. The maximum atomic E-state index is 10.3. The zero-order valence-corrected chi connectivity index (χ0v) is 9.03. The molecule has 0 heterocycles. The van der Waals surface area contributed by atoms with Crippen molar-refractivity contribution in [2.24, 2.45) is 0 Å². The second-order valence-corrected chi connectivity index (χ2v) is 2.16. The van der Waals surface area contributed by atoms with E-state index in [1.165, 1.54) is 18.2 Å². The van der Waals surface area contributed by atoms with Crippen molar-refractivity contribution in [2.75, 3.05) is 0 Å². The van der Waals surface area contributed by atoms with Crippen LogP contribution >= 0.6 is 0 Å². The summed E-state index contributed by atoms with van der Waals surface area (Å²) in [5.41, 5.74) is -0.339. The minimum atomic E-state index is -1.40. The Kier molecular flexibility index (Phi) is 7.69. The summed E-state index contributed by atoms with van der Waals surface area (Å²) in [6.07, 6.45) is 0. The maximum Gasteiger partial charge on any atom is 2.00 e. The Labute approximate surface area is 106 Å². The minimum absolute atomic E-state index is 0. The molecule has 1 rings (SSSR count). The van der Waals surface area contributed by atoms with Crippen molar-refractivity contribution < 1.29 is 58.7 Å². The summed E-state index contributed by atoms with van der Waals surface area (Å²) in [6.45, 7) is 0. The smallest absolute Gasteiger partial charge is 0.545 e. The standard InChI is InChI=1S/C8H6O4.Ag.Ni/c9-7(10)5-2-1-3-6(4-5)8(11)12;;/h1-4H,(H,9,10)(H,11,12);;/q;;+2/p-2. The second-order valence-electron chi connectivity index (χ2n) is 2.16. The fourth-order valence-electron chi connectivity index (χ4n) is 0.773. The van der Waals surface area contributed by atoms with E-state index in [4.69, 9.17) is 0 Å². The van der Waals surface area contributed by atoms with Gasteiger partial charge in [0.1, 0.15) is 0 Å². The summed E-state index contributed by atoms with van der Waals surface area (Å²) in [5, 5.41) is 20.5. The number of rotatable bonds is 2. The number of carboxylic acids is 2. The molecule has 4 nitrogen and oxygen atoms in total. The Bertz CT molecular complexity index is 311. The van der Waals surface area contributed by atoms with Crippen molar-refractivity contribution in [2.45, 2.75) is 0 Å². The van der Waals surface area contributed by atoms with Crippen LogP contribution in [0, 0.1) is 0 Å². The molecule has 0 aliphatic carbocycles. The molecule has 0 amide bonds. The Hall–Kier alpha value is -0.606. The fourth-order valence-corrected chi connectivity index (χ4v) is 0.773. The first kappa shape index (κ1) is 15.8. The van der Waals surface area contributed by atoms with Gasteiger partial charge in [0.2, 0.25) is 0 Å². The number of aromatic carboxylic acids is 2. The molecule has 0 N–H and O–H groups in total. The monoisotopic (exact) mass is 329 g/mol. The molecule has 81 valence electrons. The van der Waals surface area contributed by atoms with Crippen LogP contribution < -0.4 is 10.2 Å². The molecular weight excluding hydrogens is 327 g/mol. The predicted octanol–water partition coefficient (Wildman–Crippen LogP) is -1.59. The van der Waals surface area contributed by atoms with Gasteiger partial charge in [-0.1, -0.05) is 18.2 Å². The molecule has 0 bridgehead atoms. The van der Waals surface area contributed by atoms with Crippen molar-refractivity contribution in [3.8, 4) is 0 Å². The van der Waals surface area contributed by atoms with E-state index in [1.807, 2.05) is 0 Å². The first-order valence-electron chi connectivity index (χ1n) is 3.14. The minimum Gasteiger partial charge on any atom is -0.545 e. The Morgan fingerprint density at radius 3 is 1.64 bits per heavy atom. The molecule has 0 saturated carbocycles. The Morgan fingerprint density at radius 2 is 1.36 bits per heavy atom. The molecule has 0 aromatic heterocycles. The fraction of sp³-hybridized carbons (Fsp3) is 0. The van der Waals surface area contributed by atoms with Gasteiger partial charge in [0.15, 0.2) is 0 Å². The van der Waals surface area contributed by atoms with Gasteiger partial charge in [-0.25, -0.2) is 0 Å². The van der Waals surface area contributed by atoms with Crippen LogP contribution in [0.1, 0.15) is 20.7 Å². The van der Waals surface area contributed by atoms with Crippen LogP contribution in [-0.4, -0.2) is 11.9 Å². The molecule has 1 aromatic rings. The van der Waals surface area contributed by atoms with Crippen LogP contribution in [0.15, 0.2) is 24.3 Å². The van der Waals surface area contributed by atoms with Gasteiger partial charge in [0, 0.05) is 22.4 Å². The summed E-state index contributed by atoms with van der Waals surface area (Å²) < 4.78 is 0. The SMILES string of the molecule is O=C([O-])c1cccc(C(=O)[O-])c1.[Ag].[Ni+2]. The van der Waals surface area contributed by atoms with E-state index in [0.29, 0.717) is 0 Å². The van der Waals surface area contributed by atoms with Crippen molar-refractivity contribution in [1.82, 2.24) is 0 Å². The number of carbonyl (C=O) groups is 2. The van der Waals surface area contributed by atoms with E-state index >= 15 is 0 Å². The van der Waals surface area contributed by atoms with E-state index in [1.54, 1.807) is 0 Å². The molecule has 0 unspecified atom stereocenters. The van der Waals surface area contributed by atoms with Gasteiger partial charge in [-0.2, -0.15) is 0 Å². The van der Waals surface area contributed by atoms with Gasteiger partial charge < -0.3 is 19.8 Å². The molecule has 14 heavy (non-hydrogen) atoms. The third-order valence-electron chi connectivity index (χ3n) is 1.33. The summed E-state index contributed by atoms with van der Waals surface area (Å²) >= 11 is 0. The molecule has 0 saturated heterocycles. The molecule has 0 spiro atoms. The molecular formula is C8H4AgNiO4. The Morgan fingerprint density at radius 1 is 1.00 bits per heavy atom. The van der Waals surface area contributed by atoms with E-state index in [-0.39, 0.29) is 50.0 Å². The number of hydrogen-bond acceptors (Lipinski definition) is 4. The van der Waals surface area contributed by atoms with Gasteiger partial charge in [0.25, 0.3) is 0 Å². The molecule has 0 aliphatic heterocycles. The van der Waals surface area contributed by atoms with E-state index in [2.05, 4.69) is 0 Å². The zero-order valence-electron chi connectivity index (χ0n) is 6.56. The van der Waals surface area contributed by atoms with Crippen molar-refractivity contribution in [3.05, 3.63) is 35.4 Å². The predicted molar refractivity (Wildman–Crippen MR) is 35.1 cm³/mol. The van der Waals surface area contributed by atoms with E-state index in [0.717, 1.165) is 6.07 Å². The largest absolute Gasteiger partial charge is 2.00 e. The normalized spacial score (nSPS) is 8.00. The maximum absolute atomic E-state index is 10.3. The van der Waals surface area contributed by atoms with Gasteiger partial charge in [-0.3, -0.25) is 0 Å². The summed E-state index contributed by atoms with van der Waals surface area (Å²) in [5.74, 6) is -2.81. The average Bonchev–Trinajstić information content (AvgIpc) is 2.04. The van der Waals surface area contributed by atoms with Crippen molar-refractivity contribution in [1.29, 1.82) is 0 Å². The first-order chi connectivity index (χ1) is 5.61. The van der Waals surface area contributed by atoms with Crippen molar-refractivity contribution in [3.63, 3.8) is 0 Å². The van der Waals surface area contributed by atoms with Crippen molar-refractivity contribution >= 4 is 11.9 Å². The zero-order chi connectivity index (χ0) is 9.14. The molecule has 6 heteroatoms. The van der Waals surface area contributed by atoms with Crippen LogP contribution in [0.25, 0.3) is 0 Å². The van der Waals surface area contributed by atoms with E-state index in [9.17, 15) is 19.8 Å². The summed E-state index contributed by atoms with van der Waals surface area (Å²) in [4.78, 5) is 20.5. The summed E-state index contributed by atoms with van der Waals surface area (Å²) in [6, 6.07) is 4.81. The molecule has 1 radical (unpaired) electrons. The summed E-state index contributed by atoms with van der Waals surface area (Å²) in [7, 11) is 0. The van der Waals surface area contributed by atoms with Gasteiger partial charge in [0.05, 0.1) is 11.9 Å². The molecule has 0 atom stereocenters. The van der Waals surface area contributed by atoms with E-state index < -0.39 is 11.9 Å². The molecule has 0 fully saturated rings. The van der Waals surface area contributed by atoms with Crippen LogP contribution in [-0.2, 0) is 38.9 Å². The number of hydrogen-bond donors (Lipinski definition) is 0. The molecule has 1 aromatic carbocycles. The number of carboxylic acid groups (broad SMARTS) is 2.